The summed E-state index contributed by atoms with van der Waals surface area (Å²) < 4.78 is 16.1. The number of esters is 2. The molecule has 1 amide bonds. The van der Waals surface area contributed by atoms with Crippen LogP contribution >= 0.6 is 11.8 Å². The molecular formula is C32H35N3O6S. The molecule has 9 nitrogen and oxygen atoms in total. The van der Waals surface area contributed by atoms with E-state index in [-0.39, 0.29) is 30.8 Å². The molecule has 0 N–H and O–H groups in total. The first-order chi connectivity index (χ1) is 20.4. The molecule has 0 aliphatic carbocycles. The number of thioether (sulfide) groups is 1. The third-order valence-corrected chi connectivity index (χ3v) is 8.47. The highest BCUT2D eigenvalue weighted by molar-refractivity contribution is 8.16. The van der Waals surface area contributed by atoms with Crippen LogP contribution in [-0.2, 0) is 23.9 Å². The van der Waals surface area contributed by atoms with Gasteiger partial charge in [0.2, 0.25) is 5.91 Å². The predicted octanol–water partition coefficient (Wildman–Crippen LogP) is 5.16. The minimum absolute atomic E-state index is 0.0330. The Balaban J connectivity index is 1.47. The molecular weight excluding hydrogens is 554 g/mol. The summed E-state index contributed by atoms with van der Waals surface area (Å²) in [5.41, 5.74) is 3.37. The number of amidine groups is 1. The predicted molar refractivity (Wildman–Crippen MR) is 161 cm³/mol. The fourth-order valence-corrected chi connectivity index (χ4v) is 6.40. The topological polar surface area (TPSA) is 97.7 Å². The van der Waals surface area contributed by atoms with Crippen molar-refractivity contribution in [1.29, 1.82) is 0 Å². The molecule has 1 saturated heterocycles. The summed E-state index contributed by atoms with van der Waals surface area (Å²) in [6, 6.07) is 16.6. The number of amides is 1. The summed E-state index contributed by atoms with van der Waals surface area (Å²) in [5, 5.41) is 2.63. The van der Waals surface area contributed by atoms with Crippen LogP contribution in [-0.4, -0.2) is 66.2 Å². The highest BCUT2D eigenvalue weighted by Crippen LogP contribution is 2.47. The number of nitrogens with zero attached hydrogens (tertiary/aromatic N) is 3. The Kier molecular flexibility index (Phi) is 9.31. The van der Waals surface area contributed by atoms with Crippen LogP contribution in [0.25, 0.3) is 5.70 Å². The second kappa shape index (κ2) is 13.3. The SMILES string of the molecule is CCOC(=O)C1=C(c2ccccc2)N=C2SC=C(CC(=O)N3CCC(C(=O)OCC)CC3)N2[C@H]1c1ccc(OC)cc1. The smallest absolute Gasteiger partial charge is 0.338 e. The summed E-state index contributed by atoms with van der Waals surface area (Å²) >= 11 is 1.44. The standard InChI is InChI=1S/C32H35N3O6S/c1-4-40-30(37)23-15-17-34(18-16-23)26(36)19-24-20-42-32-33-28(21-9-7-6-8-10-21)27(31(38)41-5-2)29(35(24)32)22-11-13-25(39-3)14-12-22/h6-14,20,23,29H,4-5,15-19H2,1-3H3/t29-/m0/s1. The van der Waals surface area contributed by atoms with Gasteiger partial charge in [-0.05, 0) is 49.8 Å². The summed E-state index contributed by atoms with van der Waals surface area (Å²) in [7, 11) is 1.61. The second-order valence-electron chi connectivity index (χ2n) is 10.1. The molecule has 1 fully saturated rings. The quantitative estimate of drug-likeness (QED) is 0.370. The minimum Gasteiger partial charge on any atom is -0.497 e. The maximum Gasteiger partial charge on any atom is 0.338 e. The van der Waals surface area contributed by atoms with Crippen molar-refractivity contribution in [2.24, 2.45) is 10.9 Å². The Bertz CT molecular complexity index is 1410. The largest absolute Gasteiger partial charge is 0.497 e. The van der Waals surface area contributed by atoms with Crippen molar-refractivity contribution in [3.05, 3.63) is 82.4 Å². The number of piperidine rings is 1. The molecule has 5 rings (SSSR count). The third kappa shape index (κ3) is 6.09. The van der Waals surface area contributed by atoms with Gasteiger partial charge in [0.25, 0.3) is 0 Å². The maximum atomic E-state index is 13.6. The van der Waals surface area contributed by atoms with Crippen LogP contribution in [0.3, 0.4) is 0 Å². The van der Waals surface area contributed by atoms with Crippen LogP contribution in [0.15, 0.2) is 76.3 Å². The molecule has 220 valence electrons. The lowest BCUT2D eigenvalue weighted by Gasteiger charge is -2.37. The van der Waals surface area contributed by atoms with Crippen molar-refractivity contribution in [3.8, 4) is 5.75 Å². The maximum absolute atomic E-state index is 13.6. The van der Waals surface area contributed by atoms with Gasteiger partial charge in [-0.2, -0.15) is 0 Å². The molecule has 1 atom stereocenters. The van der Waals surface area contributed by atoms with E-state index in [1.807, 2.05) is 64.9 Å². The molecule has 2 aromatic carbocycles. The molecule has 3 heterocycles. The van der Waals surface area contributed by atoms with E-state index in [4.69, 9.17) is 19.2 Å². The van der Waals surface area contributed by atoms with E-state index in [0.717, 1.165) is 16.8 Å². The number of rotatable bonds is 9. The highest BCUT2D eigenvalue weighted by atomic mass is 32.2. The summed E-state index contributed by atoms with van der Waals surface area (Å²) in [5.74, 6) is -0.160. The molecule has 0 unspecified atom stereocenters. The number of likely N-dealkylation sites (tertiary alicyclic amines) is 1. The molecule has 42 heavy (non-hydrogen) atoms. The average molecular weight is 590 g/mol. The number of aliphatic imine (C=N–C) groups is 1. The van der Waals surface area contributed by atoms with Crippen molar-refractivity contribution in [3.63, 3.8) is 0 Å². The Labute approximate surface area is 250 Å². The molecule has 2 aromatic rings. The van der Waals surface area contributed by atoms with Crippen molar-refractivity contribution in [2.45, 2.75) is 39.2 Å². The van der Waals surface area contributed by atoms with E-state index < -0.39 is 12.0 Å². The minimum atomic E-state index is -0.568. The number of carbonyl (C=O) groups excluding carboxylic acids is 3. The number of carbonyl (C=O) groups is 3. The number of ether oxygens (including phenoxy) is 3. The van der Waals surface area contributed by atoms with Crippen LogP contribution in [0.4, 0.5) is 0 Å². The third-order valence-electron chi connectivity index (χ3n) is 7.58. The number of hydrogen-bond donors (Lipinski definition) is 0. The molecule has 0 aromatic heterocycles. The first-order valence-corrected chi connectivity index (χ1v) is 15.1. The van der Waals surface area contributed by atoms with Crippen LogP contribution in [0.2, 0.25) is 0 Å². The zero-order valence-corrected chi connectivity index (χ0v) is 24.9. The van der Waals surface area contributed by atoms with E-state index in [2.05, 4.69) is 0 Å². The van der Waals surface area contributed by atoms with Gasteiger partial charge in [0.05, 0.1) is 50.0 Å². The summed E-state index contributed by atoms with van der Waals surface area (Å²) in [6.45, 7) is 5.14. The van der Waals surface area contributed by atoms with Gasteiger partial charge in [0.15, 0.2) is 5.17 Å². The zero-order chi connectivity index (χ0) is 29.6. The first-order valence-electron chi connectivity index (χ1n) is 14.2. The normalized spacial score (nSPS) is 18.7. The molecule has 10 heteroatoms. The van der Waals surface area contributed by atoms with Gasteiger partial charge in [-0.15, -0.1) is 0 Å². The number of fused-ring (bicyclic) bond motifs is 1. The van der Waals surface area contributed by atoms with Gasteiger partial charge < -0.3 is 24.0 Å². The van der Waals surface area contributed by atoms with Crippen LogP contribution in [0.1, 0.15) is 50.3 Å². The van der Waals surface area contributed by atoms with E-state index in [1.54, 1.807) is 25.9 Å². The van der Waals surface area contributed by atoms with Crippen molar-refractivity contribution >= 4 is 40.5 Å². The van der Waals surface area contributed by atoms with Gasteiger partial charge in [0, 0.05) is 24.4 Å². The molecule has 0 bridgehead atoms. The molecule has 0 spiro atoms. The lowest BCUT2D eigenvalue weighted by atomic mass is 9.91. The van der Waals surface area contributed by atoms with Gasteiger partial charge in [-0.1, -0.05) is 54.2 Å². The lowest BCUT2D eigenvalue weighted by molar-refractivity contribution is -0.151. The van der Waals surface area contributed by atoms with E-state index >= 15 is 0 Å². The lowest BCUT2D eigenvalue weighted by Crippen LogP contribution is -2.42. The Morgan fingerprint density at radius 3 is 2.29 bits per heavy atom. The first kappa shape index (κ1) is 29.4. The molecule has 0 radical (unpaired) electrons. The van der Waals surface area contributed by atoms with E-state index in [1.165, 1.54) is 11.8 Å². The summed E-state index contributed by atoms with van der Waals surface area (Å²) in [4.78, 5) is 48.1. The zero-order valence-electron chi connectivity index (χ0n) is 24.1. The number of methoxy groups -OCH3 is 1. The fourth-order valence-electron chi connectivity index (χ4n) is 5.48. The second-order valence-corrected chi connectivity index (χ2v) is 10.9. The fraction of sp³-hybridized carbons (Fsp3) is 0.375. The molecule has 0 saturated carbocycles. The van der Waals surface area contributed by atoms with Gasteiger partial charge in [0.1, 0.15) is 5.75 Å². The van der Waals surface area contributed by atoms with Crippen LogP contribution < -0.4 is 4.74 Å². The Hall–Kier alpha value is -4.05. The van der Waals surface area contributed by atoms with Crippen LogP contribution in [0, 0.1) is 5.92 Å². The monoisotopic (exact) mass is 589 g/mol. The molecule has 3 aliphatic heterocycles. The van der Waals surface area contributed by atoms with Crippen molar-refractivity contribution < 1.29 is 28.6 Å². The Morgan fingerprint density at radius 2 is 1.64 bits per heavy atom. The highest BCUT2D eigenvalue weighted by Gasteiger charge is 2.43. The summed E-state index contributed by atoms with van der Waals surface area (Å²) in [6.07, 6.45) is 1.30. The number of hydrogen-bond acceptors (Lipinski definition) is 9. The molecule has 3 aliphatic rings. The van der Waals surface area contributed by atoms with E-state index in [9.17, 15) is 14.4 Å². The Morgan fingerprint density at radius 1 is 0.952 bits per heavy atom. The van der Waals surface area contributed by atoms with Crippen molar-refractivity contribution in [1.82, 2.24) is 9.80 Å². The van der Waals surface area contributed by atoms with Gasteiger partial charge in [-0.25, -0.2) is 9.79 Å². The van der Waals surface area contributed by atoms with Gasteiger partial charge >= 0.3 is 11.9 Å². The van der Waals surface area contributed by atoms with Crippen LogP contribution in [0.5, 0.6) is 5.75 Å². The number of benzene rings is 2. The average Bonchev–Trinajstić information content (AvgIpc) is 3.43. The van der Waals surface area contributed by atoms with Crippen molar-refractivity contribution in [2.75, 3.05) is 33.4 Å². The van der Waals surface area contributed by atoms with E-state index in [0.29, 0.717) is 54.7 Å². The van der Waals surface area contributed by atoms with Gasteiger partial charge in [-0.3, -0.25) is 9.59 Å².